The van der Waals surface area contributed by atoms with Crippen molar-refractivity contribution in [3.63, 3.8) is 0 Å². The van der Waals surface area contributed by atoms with Gasteiger partial charge in [-0.15, -0.1) is 0 Å². The summed E-state index contributed by atoms with van der Waals surface area (Å²) in [7, 11) is 0. The molecule has 3 amide bonds. The molecule has 115 heavy (non-hydrogen) atoms. The second-order valence-electron chi connectivity index (χ2n) is 29.8. The normalized spacial score (nSPS) is 22.7. The van der Waals surface area contributed by atoms with Crippen molar-refractivity contribution in [3.05, 3.63) is 176 Å². The highest BCUT2D eigenvalue weighted by Crippen LogP contribution is 2.64. The molecule has 32 nitrogen and oxygen atoms in total. The number of rotatable bonds is 39. The van der Waals surface area contributed by atoms with E-state index in [4.69, 9.17) is 48.4 Å². The predicted molar refractivity (Wildman–Crippen MR) is 409 cm³/mol. The molecule has 1 unspecified atom stereocenters. The van der Waals surface area contributed by atoms with Crippen molar-refractivity contribution in [1.29, 1.82) is 0 Å². The number of ether oxygens (including phenoxy) is 9. The molecule has 9 N–H and O–H groups in total. The zero-order chi connectivity index (χ0) is 82.8. The number of nitrogen functional groups attached to an aromatic ring is 1. The fourth-order valence-corrected chi connectivity index (χ4v) is 15.6. The Kier molecular flexibility index (Phi) is 29.2. The number of aliphatic hydroxyl groups excluding tert-OH is 1. The summed E-state index contributed by atoms with van der Waals surface area (Å²) in [5.74, 6) is -11.8. The fourth-order valence-electron chi connectivity index (χ4n) is 15.6. The minimum absolute atomic E-state index is 0.0105. The molecule has 2 aromatic heterocycles. The average molecular weight is 1590 g/mol. The van der Waals surface area contributed by atoms with E-state index in [2.05, 4.69) is 35.9 Å². The predicted octanol–water partition coefficient (Wildman–Crippen LogP) is 5.67. The summed E-state index contributed by atoms with van der Waals surface area (Å²) >= 11 is 0. The third-order valence-corrected chi connectivity index (χ3v) is 21.8. The highest BCUT2D eigenvalue weighted by atomic mass is 16.6. The summed E-state index contributed by atoms with van der Waals surface area (Å²) < 4.78 is 54.0. The largest absolute Gasteiger partial charge is 0.481 e. The van der Waals surface area contributed by atoms with Crippen LogP contribution >= 0.6 is 0 Å². The quantitative estimate of drug-likeness (QED) is 0.00757. The van der Waals surface area contributed by atoms with E-state index in [-0.39, 0.29) is 148 Å². The maximum Gasteiger partial charge on any atom is 0.350 e. The summed E-state index contributed by atoms with van der Waals surface area (Å²) in [5, 5.41) is 44.7. The number of carbonyl (C=O) groups is 11. The van der Waals surface area contributed by atoms with Crippen LogP contribution in [0, 0.1) is 22.7 Å². The SMILES string of the molecule is CC(=O)O[C@H]1C(=O)[C@@]2(C)[C@H]([C@H](OC(=O)c3ccccc3)[C@]3(O)C[C@H](OC(=O)[C@H](OC(=O)CCCC(=O)NCCCOCCOCCOCCCNC(=O)CCC(CC(=O)c4ccc(CCc5cnc6c(=O)[nH]c(N)nc6n5)cc4)C(=O)O)[C@@H](NC(=O)c4ccccc4)c4ccccc4)C(C)=C1C3(C)C)[C@]1(OC(C)=O)CO[C@@H]1C[C@@H]2O. The van der Waals surface area contributed by atoms with Crippen molar-refractivity contribution in [2.75, 3.05) is 65.1 Å². The van der Waals surface area contributed by atoms with Gasteiger partial charge >= 0.3 is 35.8 Å². The summed E-state index contributed by atoms with van der Waals surface area (Å²) in [6.07, 6.45) is -8.89. The van der Waals surface area contributed by atoms with Crippen LogP contribution in [0.15, 0.2) is 137 Å². The molecule has 2 bridgehead atoms. The monoisotopic (exact) mass is 1590 g/mol. The van der Waals surface area contributed by atoms with Gasteiger partial charge in [0.25, 0.3) is 11.5 Å². The molecule has 32 heteroatoms. The number of carbonyl (C=O) groups excluding carboxylic acids is 10. The van der Waals surface area contributed by atoms with Crippen LogP contribution in [0.1, 0.15) is 160 Å². The van der Waals surface area contributed by atoms with E-state index in [1.807, 2.05) is 0 Å². The van der Waals surface area contributed by atoms with E-state index in [0.717, 1.165) is 19.4 Å². The molecule has 0 radical (unpaired) electrons. The lowest BCUT2D eigenvalue weighted by Crippen LogP contribution is -2.82. The molecule has 12 atom stereocenters. The number of nitrogens with zero attached hydrogens (tertiary/aromatic N) is 3. The average Bonchev–Trinajstić information content (AvgIpc) is 0.668. The van der Waals surface area contributed by atoms with Gasteiger partial charge in [0.2, 0.25) is 23.9 Å². The lowest BCUT2D eigenvalue weighted by Gasteiger charge is -2.67. The maximum atomic E-state index is 15.9. The number of aliphatic carboxylic acids is 1. The number of aromatic amines is 1. The molecule has 4 aliphatic rings. The first kappa shape index (κ1) is 86.4. The smallest absolute Gasteiger partial charge is 0.350 e. The molecule has 2 saturated carbocycles. The fraction of sp³-hybridized carbons (Fsp3) is 0.482. The van der Waals surface area contributed by atoms with Gasteiger partial charge in [0.15, 0.2) is 34.4 Å². The van der Waals surface area contributed by atoms with Crippen molar-refractivity contribution in [2.45, 2.75) is 172 Å². The second-order valence-corrected chi connectivity index (χ2v) is 29.8. The van der Waals surface area contributed by atoms with Gasteiger partial charge in [-0.3, -0.25) is 52.9 Å². The van der Waals surface area contributed by atoms with Crippen LogP contribution in [0.25, 0.3) is 11.2 Å². The highest BCUT2D eigenvalue weighted by molar-refractivity contribution is 5.99. The number of aryl methyl sites for hydroxylation is 2. The van der Waals surface area contributed by atoms with Crippen LogP contribution in [-0.2, 0) is 93.8 Å². The Morgan fingerprint density at radius 1 is 0.704 bits per heavy atom. The number of H-pyrrole nitrogens is 1. The first-order valence-corrected chi connectivity index (χ1v) is 38.3. The van der Waals surface area contributed by atoms with Crippen molar-refractivity contribution in [2.24, 2.45) is 22.7 Å². The Labute approximate surface area is 662 Å². The van der Waals surface area contributed by atoms with Crippen LogP contribution in [-0.4, -0.2) is 208 Å². The zero-order valence-corrected chi connectivity index (χ0v) is 64.9. The Balaban J connectivity index is 0.681. The van der Waals surface area contributed by atoms with E-state index < -0.39 is 148 Å². The van der Waals surface area contributed by atoms with Crippen LogP contribution in [0.4, 0.5) is 5.95 Å². The molecule has 614 valence electrons. The molecular formula is C83H98N8O24. The number of ketones is 2. The Hall–Kier alpha value is -11.0. The van der Waals surface area contributed by atoms with Crippen LogP contribution < -0.4 is 27.2 Å². The summed E-state index contributed by atoms with van der Waals surface area (Å²) in [6.45, 7) is 9.84. The standard InChI is InChI=1S/C83H98N8O24/c1-48-59(45-83(106)72(114-77(104)55-23-14-9-15-24-55)70-81(6,60(95)44-61-82(70,47-110-61)115-50(3)93)71(99)68(111-49(2)92)65(48)80(83,4)5)112-78(105)69(66(53-19-10-7-11-20-53)89-74(100)54-21-12-8-13-22-54)113-64(98)26-16-25-62(96)85-35-17-37-107-39-41-109-42-40-108-38-18-36-86-63(97)34-32-56(76(102)103)43-58(94)52-30-27-51(28-31-52)29-33-57-46-87-67-73(88-57)90-79(84)91-75(67)101/h7-15,19-24,27-28,30-31,46,56,59-61,66,68-70,72,95,106H,16-18,25-26,29,32-45,47H2,1-6H3,(H,85,96)(H,86,97)(H,89,100)(H,102,103)(H3,84,88,90,91,101)/t56?,59-,60-,61+,66-,68+,69+,70-,72-,81+,82-,83+/m0/s1. The van der Waals surface area contributed by atoms with E-state index in [1.165, 1.54) is 58.2 Å². The number of hydrogen-bond donors (Lipinski definition) is 8. The number of nitrogens with one attached hydrogen (secondary N) is 4. The number of Topliss-reactive ketones (excluding diaryl/α,β-unsaturated/α-hetero) is 2. The van der Waals surface area contributed by atoms with Gasteiger partial charge in [-0.05, 0) is 98.9 Å². The van der Waals surface area contributed by atoms with Gasteiger partial charge in [0.05, 0.1) is 67.6 Å². The van der Waals surface area contributed by atoms with E-state index in [1.54, 1.807) is 91.0 Å². The molecule has 0 spiro atoms. The Morgan fingerprint density at radius 2 is 1.31 bits per heavy atom. The number of benzene rings is 4. The lowest BCUT2D eigenvalue weighted by molar-refractivity contribution is -0.346. The van der Waals surface area contributed by atoms with E-state index >= 15 is 9.59 Å². The van der Waals surface area contributed by atoms with Crippen LogP contribution in [0.5, 0.6) is 0 Å². The lowest BCUT2D eigenvalue weighted by atomic mass is 9.44. The van der Waals surface area contributed by atoms with Crippen LogP contribution in [0.2, 0.25) is 0 Å². The Bertz CT molecular complexity index is 4600. The van der Waals surface area contributed by atoms with Crippen molar-refractivity contribution in [1.82, 2.24) is 35.9 Å². The molecule has 3 heterocycles. The molecular weight excluding hydrogens is 1490 g/mol. The summed E-state index contributed by atoms with van der Waals surface area (Å²) in [4.78, 5) is 179. The molecule has 3 fully saturated rings. The third-order valence-electron chi connectivity index (χ3n) is 21.8. The number of amides is 3. The number of fused-ring (bicyclic) bond motifs is 6. The third kappa shape index (κ3) is 20.7. The van der Waals surface area contributed by atoms with Gasteiger partial charge < -0.3 is 79.6 Å². The van der Waals surface area contributed by atoms with Crippen LogP contribution in [0.3, 0.4) is 0 Å². The number of hydrogen-bond acceptors (Lipinski definition) is 27. The minimum Gasteiger partial charge on any atom is -0.481 e. The number of esters is 5. The molecule has 6 aromatic rings. The van der Waals surface area contributed by atoms with Crippen molar-refractivity contribution < 1.29 is 111 Å². The second kappa shape index (κ2) is 38.9. The number of carboxylic acid groups (broad SMARTS) is 1. The molecule has 10 rings (SSSR count). The number of aromatic nitrogens is 4. The first-order chi connectivity index (χ1) is 54.9. The number of aliphatic hydroxyl groups is 2. The van der Waals surface area contributed by atoms with Gasteiger partial charge in [-0.2, -0.15) is 4.98 Å². The number of carboxylic acids is 1. The molecule has 1 saturated heterocycles. The Morgan fingerprint density at radius 3 is 1.91 bits per heavy atom. The summed E-state index contributed by atoms with van der Waals surface area (Å²) in [5.41, 5.74) is -0.735. The van der Waals surface area contributed by atoms with Gasteiger partial charge in [-0.1, -0.05) is 105 Å². The molecule has 4 aromatic carbocycles. The molecule has 1 aliphatic heterocycles. The van der Waals surface area contributed by atoms with Crippen molar-refractivity contribution in [3.8, 4) is 0 Å². The van der Waals surface area contributed by atoms with E-state index in [9.17, 15) is 63.3 Å². The first-order valence-electron chi connectivity index (χ1n) is 38.3. The number of nitrogens with two attached hydrogens (primary N) is 1. The van der Waals surface area contributed by atoms with Gasteiger partial charge in [0.1, 0.15) is 30.0 Å². The van der Waals surface area contributed by atoms with E-state index in [0.29, 0.717) is 43.5 Å². The minimum atomic E-state index is -2.53. The summed E-state index contributed by atoms with van der Waals surface area (Å²) in [6, 6.07) is 29.1. The molecule has 3 aliphatic carbocycles. The highest BCUT2D eigenvalue weighted by Gasteiger charge is 2.78. The maximum absolute atomic E-state index is 15.9. The van der Waals surface area contributed by atoms with Gasteiger partial charge in [0, 0.05) is 101 Å². The van der Waals surface area contributed by atoms with Gasteiger partial charge in [-0.25, -0.2) is 19.6 Å². The zero-order valence-electron chi connectivity index (χ0n) is 64.9. The number of anilines is 1. The van der Waals surface area contributed by atoms with Crippen molar-refractivity contribution >= 4 is 82.2 Å². The topological polar surface area (TPSA) is 465 Å².